The predicted octanol–water partition coefficient (Wildman–Crippen LogP) is 3.45. The number of nitrogens with zero attached hydrogens (tertiary/aromatic N) is 2. The molecular formula is C14H11N3S. The van der Waals surface area contributed by atoms with Crippen LogP contribution in [-0.4, -0.2) is 9.97 Å². The third-order valence-electron chi connectivity index (χ3n) is 2.64. The zero-order chi connectivity index (χ0) is 12.4. The van der Waals surface area contributed by atoms with E-state index in [4.69, 9.17) is 5.73 Å². The molecular weight excluding hydrogens is 242 g/mol. The van der Waals surface area contributed by atoms with Gasteiger partial charge in [0.05, 0.1) is 5.69 Å². The molecule has 1 aromatic carbocycles. The van der Waals surface area contributed by atoms with Gasteiger partial charge in [-0.25, -0.2) is 4.98 Å². The van der Waals surface area contributed by atoms with E-state index in [-0.39, 0.29) is 0 Å². The van der Waals surface area contributed by atoms with E-state index in [0.717, 1.165) is 27.5 Å². The van der Waals surface area contributed by atoms with E-state index >= 15 is 0 Å². The van der Waals surface area contributed by atoms with Crippen LogP contribution in [0.15, 0.2) is 54.2 Å². The molecule has 0 aliphatic rings. The van der Waals surface area contributed by atoms with Gasteiger partial charge < -0.3 is 5.73 Å². The molecule has 0 aliphatic heterocycles. The number of hydrogen-bond donors (Lipinski definition) is 1. The Balaban J connectivity index is 1.97. The highest BCUT2D eigenvalue weighted by Gasteiger charge is 2.05. The third kappa shape index (κ3) is 2.10. The molecule has 2 heterocycles. The number of aromatic nitrogens is 2. The molecule has 0 atom stereocenters. The maximum atomic E-state index is 5.68. The summed E-state index contributed by atoms with van der Waals surface area (Å²) in [6, 6.07) is 11.7. The number of benzene rings is 1. The Hall–Kier alpha value is -2.20. The summed E-state index contributed by atoms with van der Waals surface area (Å²) in [5, 5.41) is 3.06. The molecule has 88 valence electrons. The highest BCUT2D eigenvalue weighted by atomic mass is 32.1. The van der Waals surface area contributed by atoms with Crippen LogP contribution in [0, 0.1) is 0 Å². The third-order valence-corrected chi connectivity index (χ3v) is 3.53. The van der Waals surface area contributed by atoms with Crippen molar-refractivity contribution in [1.82, 2.24) is 9.97 Å². The lowest BCUT2D eigenvalue weighted by Gasteiger charge is -1.97. The summed E-state index contributed by atoms with van der Waals surface area (Å²) < 4.78 is 0. The van der Waals surface area contributed by atoms with Crippen molar-refractivity contribution in [3.8, 4) is 21.8 Å². The molecule has 0 amide bonds. The molecule has 0 unspecified atom stereocenters. The number of anilines is 1. The first-order valence-electron chi connectivity index (χ1n) is 5.55. The molecule has 0 bridgehead atoms. The van der Waals surface area contributed by atoms with Crippen LogP contribution in [-0.2, 0) is 0 Å². The highest BCUT2D eigenvalue weighted by Crippen LogP contribution is 2.28. The lowest BCUT2D eigenvalue weighted by molar-refractivity contribution is 1.32. The molecule has 2 aromatic heterocycles. The molecule has 4 heteroatoms. The standard InChI is InChI=1S/C14H11N3S/c15-12-3-1-10(2-4-12)13-9-18-14(17-13)11-5-7-16-8-6-11/h1-9H,15H2. The second-order valence-corrected chi connectivity index (χ2v) is 4.75. The number of nitrogen functional groups attached to an aromatic ring is 1. The second kappa shape index (κ2) is 4.58. The van der Waals surface area contributed by atoms with E-state index in [0.29, 0.717) is 0 Å². The Morgan fingerprint density at radius 1 is 0.889 bits per heavy atom. The molecule has 0 spiro atoms. The predicted molar refractivity (Wildman–Crippen MR) is 75.2 cm³/mol. The molecule has 0 fully saturated rings. The minimum Gasteiger partial charge on any atom is -0.399 e. The summed E-state index contributed by atoms with van der Waals surface area (Å²) in [6.07, 6.45) is 3.55. The average molecular weight is 253 g/mol. The maximum Gasteiger partial charge on any atom is 0.124 e. The molecule has 0 saturated carbocycles. The summed E-state index contributed by atoms with van der Waals surface area (Å²) in [4.78, 5) is 8.64. The largest absolute Gasteiger partial charge is 0.399 e. The monoisotopic (exact) mass is 253 g/mol. The van der Waals surface area contributed by atoms with Crippen molar-refractivity contribution < 1.29 is 0 Å². The first kappa shape index (κ1) is 10.9. The van der Waals surface area contributed by atoms with Crippen molar-refractivity contribution in [3.05, 3.63) is 54.2 Å². The van der Waals surface area contributed by atoms with Gasteiger partial charge in [0, 0.05) is 34.6 Å². The van der Waals surface area contributed by atoms with Crippen molar-refractivity contribution in [1.29, 1.82) is 0 Å². The SMILES string of the molecule is Nc1ccc(-c2csc(-c3ccncc3)n2)cc1. The normalized spacial score (nSPS) is 10.4. The summed E-state index contributed by atoms with van der Waals surface area (Å²) in [5.41, 5.74) is 9.60. The average Bonchev–Trinajstić information content (AvgIpc) is 2.90. The highest BCUT2D eigenvalue weighted by molar-refractivity contribution is 7.13. The van der Waals surface area contributed by atoms with Gasteiger partial charge in [-0.05, 0) is 24.3 Å². The van der Waals surface area contributed by atoms with Crippen LogP contribution in [0.4, 0.5) is 5.69 Å². The van der Waals surface area contributed by atoms with E-state index in [9.17, 15) is 0 Å². The number of thiazole rings is 1. The smallest absolute Gasteiger partial charge is 0.124 e. The van der Waals surface area contributed by atoms with Crippen molar-refractivity contribution in [2.75, 3.05) is 5.73 Å². The van der Waals surface area contributed by atoms with Gasteiger partial charge >= 0.3 is 0 Å². The van der Waals surface area contributed by atoms with Crippen LogP contribution in [0.3, 0.4) is 0 Å². The Morgan fingerprint density at radius 2 is 1.61 bits per heavy atom. The van der Waals surface area contributed by atoms with Crippen molar-refractivity contribution in [2.45, 2.75) is 0 Å². The van der Waals surface area contributed by atoms with Crippen molar-refractivity contribution in [3.63, 3.8) is 0 Å². The second-order valence-electron chi connectivity index (χ2n) is 3.90. The quantitative estimate of drug-likeness (QED) is 0.712. The number of nitrogens with two attached hydrogens (primary N) is 1. The molecule has 18 heavy (non-hydrogen) atoms. The fraction of sp³-hybridized carbons (Fsp3) is 0. The van der Waals surface area contributed by atoms with E-state index < -0.39 is 0 Å². The van der Waals surface area contributed by atoms with Gasteiger partial charge in [-0.2, -0.15) is 0 Å². The summed E-state index contributed by atoms with van der Waals surface area (Å²) >= 11 is 1.63. The zero-order valence-corrected chi connectivity index (χ0v) is 10.4. The fourth-order valence-corrected chi connectivity index (χ4v) is 2.52. The molecule has 3 nitrogen and oxygen atoms in total. The summed E-state index contributed by atoms with van der Waals surface area (Å²) in [6.45, 7) is 0. The van der Waals surface area contributed by atoms with Crippen LogP contribution >= 0.6 is 11.3 Å². The van der Waals surface area contributed by atoms with Crippen LogP contribution in [0.25, 0.3) is 21.8 Å². The number of rotatable bonds is 2. The Morgan fingerprint density at radius 3 is 2.33 bits per heavy atom. The van der Waals surface area contributed by atoms with E-state index in [1.54, 1.807) is 23.7 Å². The lowest BCUT2D eigenvalue weighted by atomic mass is 10.1. The van der Waals surface area contributed by atoms with Crippen LogP contribution in [0.1, 0.15) is 0 Å². The zero-order valence-electron chi connectivity index (χ0n) is 9.58. The Labute approximate surface area is 109 Å². The van der Waals surface area contributed by atoms with Crippen LogP contribution < -0.4 is 5.73 Å². The minimum atomic E-state index is 0.767. The minimum absolute atomic E-state index is 0.767. The lowest BCUT2D eigenvalue weighted by Crippen LogP contribution is -1.84. The summed E-state index contributed by atoms with van der Waals surface area (Å²) in [7, 11) is 0. The molecule has 3 aromatic rings. The van der Waals surface area contributed by atoms with E-state index in [1.165, 1.54) is 0 Å². The van der Waals surface area contributed by atoms with Gasteiger partial charge in [0.15, 0.2) is 0 Å². The van der Waals surface area contributed by atoms with Gasteiger partial charge in [0.25, 0.3) is 0 Å². The number of pyridine rings is 1. The Kier molecular flexibility index (Phi) is 2.78. The number of hydrogen-bond acceptors (Lipinski definition) is 4. The van der Waals surface area contributed by atoms with Gasteiger partial charge in [-0.3, -0.25) is 4.98 Å². The summed E-state index contributed by atoms with van der Waals surface area (Å²) in [5.74, 6) is 0. The van der Waals surface area contributed by atoms with Gasteiger partial charge in [-0.15, -0.1) is 11.3 Å². The van der Waals surface area contributed by atoms with Crippen LogP contribution in [0.5, 0.6) is 0 Å². The van der Waals surface area contributed by atoms with Crippen LogP contribution in [0.2, 0.25) is 0 Å². The molecule has 2 N–H and O–H groups in total. The first-order chi connectivity index (χ1) is 8.83. The molecule has 0 saturated heterocycles. The first-order valence-corrected chi connectivity index (χ1v) is 6.43. The maximum absolute atomic E-state index is 5.68. The van der Waals surface area contributed by atoms with E-state index in [2.05, 4.69) is 15.3 Å². The molecule has 0 aliphatic carbocycles. The Bertz CT molecular complexity index is 644. The van der Waals surface area contributed by atoms with Crippen molar-refractivity contribution in [2.24, 2.45) is 0 Å². The fourth-order valence-electron chi connectivity index (χ4n) is 1.69. The topological polar surface area (TPSA) is 51.8 Å². The van der Waals surface area contributed by atoms with Gasteiger partial charge in [0.2, 0.25) is 0 Å². The van der Waals surface area contributed by atoms with Gasteiger partial charge in [0.1, 0.15) is 5.01 Å². The van der Waals surface area contributed by atoms with E-state index in [1.807, 2.05) is 36.4 Å². The van der Waals surface area contributed by atoms with Gasteiger partial charge in [-0.1, -0.05) is 12.1 Å². The molecule has 3 rings (SSSR count). The molecule has 0 radical (unpaired) electrons. The van der Waals surface area contributed by atoms with Crippen molar-refractivity contribution >= 4 is 17.0 Å².